The van der Waals surface area contributed by atoms with Crippen LogP contribution < -0.4 is 15.6 Å². The van der Waals surface area contributed by atoms with Crippen LogP contribution in [0.1, 0.15) is 15.9 Å². The number of hydrogen-bond acceptors (Lipinski definition) is 6. The zero-order valence-electron chi connectivity index (χ0n) is 12.3. The molecular formula is C15H15BN2O5. The number of ether oxygens (including phenoxy) is 1. The van der Waals surface area contributed by atoms with Gasteiger partial charge in [0.1, 0.15) is 0 Å². The third-order valence-electron chi connectivity index (χ3n) is 3.09. The lowest BCUT2D eigenvalue weighted by molar-refractivity contribution is 0.0955. The number of para-hydroxylation sites is 1. The number of rotatable bonds is 5. The molecule has 2 aromatic rings. The Bertz CT molecular complexity index is 716. The van der Waals surface area contributed by atoms with Crippen molar-refractivity contribution in [2.24, 2.45) is 5.10 Å². The lowest BCUT2D eigenvalue weighted by Crippen LogP contribution is -2.30. The zero-order chi connectivity index (χ0) is 16.8. The van der Waals surface area contributed by atoms with Crippen LogP contribution in [-0.2, 0) is 0 Å². The van der Waals surface area contributed by atoms with E-state index in [9.17, 15) is 9.90 Å². The quantitative estimate of drug-likeness (QED) is 0.348. The average molecular weight is 314 g/mol. The Labute approximate surface area is 133 Å². The van der Waals surface area contributed by atoms with Crippen molar-refractivity contribution in [1.82, 2.24) is 5.43 Å². The van der Waals surface area contributed by atoms with Crippen molar-refractivity contribution in [3.8, 4) is 11.5 Å². The molecule has 0 saturated carbocycles. The predicted octanol–water partition coefficient (Wildman–Crippen LogP) is -0.156. The van der Waals surface area contributed by atoms with Gasteiger partial charge in [0.25, 0.3) is 5.91 Å². The van der Waals surface area contributed by atoms with Crippen LogP contribution in [0, 0.1) is 0 Å². The number of hydrogen-bond donors (Lipinski definition) is 4. The van der Waals surface area contributed by atoms with Crippen LogP contribution >= 0.6 is 0 Å². The highest BCUT2D eigenvalue weighted by molar-refractivity contribution is 6.58. The van der Waals surface area contributed by atoms with Crippen LogP contribution in [0.3, 0.4) is 0 Å². The van der Waals surface area contributed by atoms with E-state index in [1.165, 1.54) is 37.6 Å². The summed E-state index contributed by atoms with van der Waals surface area (Å²) in [4.78, 5) is 11.9. The highest BCUT2D eigenvalue weighted by atomic mass is 16.5. The second kappa shape index (κ2) is 7.43. The molecule has 8 heteroatoms. The highest BCUT2D eigenvalue weighted by Crippen LogP contribution is 2.27. The number of carbonyl (C=O) groups is 1. The molecule has 23 heavy (non-hydrogen) atoms. The molecule has 0 fully saturated rings. The molecule has 0 saturated heterocycles. The largest absolute Gasteiger partial charge is 0.504 e. The number of carbonyl (C=O) groups excluding carboxylic acids is 1. The molecule has 0 aliphatic rings. The van der Waals surface area contributed by atoms with Crippen molar-refractivity contribution in [3.63, 3.8) is 0 Å². The summed E-state index contributed by atoms with van der Waals surface area (Å²) in [7, 11) is -0.147. The molecule has 7 nitrogen and oxygen atoms in total. The zero-order valence-corrected chi connectivity index (χ0v) is 12.3. The van der Waals surface area contributed by atoms with Crippen LogP contribution in [-0.4, -0.2) is 41.5 Å². The lowest BCUT2D eigenvalue weighted by atomic mass is 9.80. The first kappa shape index (κ1) is 16.5. The van der Waals surface area contributed by atoms with E-state index >= 15 is 0 Å². The van der Waals surface area contributed by atoms with Crippen LogP contribution in [0.25, 0.3) is 0 Å². The summed E-state index contributed by atoms with van der Waals surface area (Å²) in [5.41, 5.74) is 3.30. The number of methoxy groups -OCH3 is 1. The number of amides is 1. The maximum atomic E-state index is 11.9. The van der Waals surface area contributed by atoms with Gasteiger partial charge in [0.15, 0.2) is 11.5 Å². The van der Waals surface area contributed by atoms with E-state index in [0.29, 0.717) is 16.9 Å². The van der Waals surface area contributed by atoms with Crippen LogP contribution in [0.2, 0.25) is 0 Å². The first-order chi connectivity index (χ1) is 11.0. The Balaban J connectivity index is 2.04. The Hall–Kier alpha value is -2.84. The molecule has 118 valence electrons. The summed E-state index contributed by atoms with van der Waals surface area (Å²) >= 11 is 0. The number of aromatic hydroxyl groups is 1. The van der Waals surface area contributed by atoms with Gasteiger partial charge in [0.2, 0.25) is 0 Å². The maximum Gasteiger partial charge on any atom is 0.488 e. The van der Waals surface area contributed by atoms with Crippen LogP contribution in [0.4, 0.5) is 0 Å². The molecule has 0 radical (unpaired) electrons. The highest BCUT2D eigenvalue weighted by Gasteiger charge is 2.11. The molecule has 0 bridgehead atoms. The van der Waals surface area contributed by atoms with Crippen molar-refractivity contribution >= 4 is 24.7 Å². The van der Waals surface area contributed by atoms with Crippen molar-refractivity contribution in [1.29, 1.82) is 0 Å². The fourth-order valence-electron chi connectivity index (χ4n) is 1.84. The monoisotopic (exact) mass is 314 g/mol. The van der Waals surface area contributed by atoms with Gasteiger partial charge in [-0.25, -0.2) is 5.43 Å². The second-order valence-corrected chi connectivity index (χ2v) is 4.59. The van der Waals surface area contributed by atoms with Crippen LogP contribution in [0.5, 0.6) is 11.5 Å². The molecule has 2 aromatic carbocycles. The van der Waals surface area contributed by atoms with E-state index in [-0.39, 0.29) is 11.2 Å². The second-order valence-electron chi connectivity index (χ2n) is 4.59. The fraction of sp³-hybridized carbons (Fsp3) is 0.0667. The molecule has 0 aromatic heterocycles. The standard InChI is InChI=1S/C15H15BN2O5/c1-23-13-4-2-3-11(14(13)19)9-17-18-15(20)10-5-7-12(8-6-10)16(21)22/h2-9,19,21-22H,1H3,(H,18,20)/b17-9+. The van der Waals surface area contributed by atoms with Crippen molar-refractivity contribution in [2.75, 3.05) is 7.11 Å². The third-order valence-corrected chi connectivity index (χ3v) is 3.09. The number of nitrogens with one attached hydrogen (secondary N) is 1. The molecular weight excluding hydrogens is 299 g/mol. The summed E-state index contributed by atoms with van der Waals surface area (Å²) < 4.78 is 4.97. The summed E-state index contributed by atoms with van der Waals surface area (Å²) in [6.07, 6.45) is 1.29. The lowest BCUT2D eigenvalue weighted by Gasteiger charge is -2.05. The van der Waals surface area contributed by atoms with Gasteiger partial charge in [-0.1, -0.05) is 18.2 Å². The van der Waals surface area contributed by atoms with Gasteiger partial charge >= 0.3 is 7.12 Å². The molecule has 0 aliphatic heterocycles. The molecule has 2 rings (SSSR count). The fourth-order valence-corrected chi connectivity index (χ4v) is 1.84. The number of phenolic OH excluding ortho intramolecular Hbond substituents is 1. The minimum atomic E-state index is -1.58. The number of hydrazone groups is 1. The average Bonchev–Trinajstić information content (AvgIpc) is 2.56. The number of phenols is 1. The molecule has 0 unspecified atom stereocenters. The number of nitrogens with zero attached hydrogens (tertiary/aromatic N) is 1. The van der Waals surface area contributed by atoms with Gasteiger partial charge in [0, 0.05) is 11.1 Å². The maximum absolute atomic E-state index is 11.9. The SMILES string of the molecule is COc1cccc(/C=N/NC(=O)c2ccc(B(O)O)cc2)c1O. The minimum Gasteiger partial charge on any atom is -0.504 e. The number of benzene rings is 2. The molecule has 0 atom stereocenters. The van der Waals surface area contributed by atoms with E-state index in [2.05, 4.69) is 10.5 Å². The Morgan fingerprint density at radius 1 is 1.22 bits per heavy atom. The summed E-state index contributed by atoms with van der Waals surface area (Å²) in [5.74, 6) is -0.240. The Morgan fingerprint density at radius 2 is 1.91 bits per heavy atom. The van der Waals surface area contributed by atoms with E-state index in [1.54, 1.807) is 18.2 Å². The molecule has 4 N–H and O–H groups in total. The summed E-state index contributed by atoms with van der Waals surface area (Å²) in [6.45, 7) is 0. The van der Waals surface area contributed by atoms with Gasteiger partial charge in [-0.3, -0.25) is 4.79 Å². The predicted molar refractivity (Wildman–Crippen MR) is 86.0 cm³/mol. The summed E-state index contributed by atoms with van der Waals surface area (Å²) in [5, 5.41) is 31.6. The Kier molecular flexibility index (Phi) is 5.34. The first-order valence-electron chi connectivity index (χ1n) is 6.68. The van der Waals surface area contributed by atoms with Gasteiger partial charge in [0.05, 0.1) is 13.3 Å². The molecule has 0 aliphatic carbocycles. The van der Waals surface area contributed by atoms with E-state index in [4.69, 9.17) is 14.8 Å². The van der Waals surface area contributed by atoms with Crippen molar-refractivity contribution in [3.05, 3.63) is 53.6 Å². The van der Waals surface area contributed by atoms with Gasteiger partial charge in [-0.05, 0) is 29.7 Å². The molecule has 1 amide bonds. The van der Waals surface area contributed by atoms with Crippen LogP contribution in [0.15, 0.2) is 47.6 Å². The Morgan fingerprint density at radius 3 is 2.52 bits per heavy atom. The van der Waals surface area contributed by atoms with Crippen molar-refractivity contribution < 1.29 is 24.7 Å². The normalized spacial score (nSPS) is 10.6. The minimum absolute atomic E-state index is 0.0747. The molecule has 0 spiro atoms. The van der Waals surface area contributed by atoms with Gasteiger partial charge in [-0.2, -0.15) is 5.10 Å². The first-order valence-corrected chi connectivity index (χ1v) is 6.68. The smallest absolute Gasteiger partial charge is 0.488 e. The van der Waals surface area contributed by atoms with Gasteiger partial charge < -0.3 is 19.9 Å². The summed E-state index contributed by atoms with van der Waals surface area (Å²) in [6, 6.07) is 10.6. The molecule has 0 heterocycles. The third kappa shape index (κ3) is 4.09. The van der Waals surface area contributed by atoms with Gasteiger partial charge in [-0.15, -0.1) is 0 Å². The van der Waals surface area contributed by atoms with E-state index < -0.39 is 13.0 Å². The van der Waals surface area contributed by atoms with Crippen molar-refractivity contribution in [2.45, 2.75) is 0 Å². The van der Waals surface area contributed by atoms with E-state index in [0.717, 1.165) is 0 Å². The van der Waals surface area contributed by atoms with E-state index in [1.807, 2.05) is 0 Å². The topological polar surface area (TPSA) is 111 Å².